The Labute approximate surface area is 223 Å². The summed E-state index contributed by atoms with van der Waals surface area (Å²) in [4.78, 5) is 36.3. The Bertz CT molecular complexity index is 1410. The molecule has 3 aromatic rings. The van der Waals surface area contributed by atoms with Gasteiger partial charge in [0, 0.05) is 12.2 Å². The van der Waals surface area contributed by atoms with Gasteiger partial charge in [0.25, 0.3) is 5.91 Å². The number of fused-ring (bicyclic) bond motifs is 1. The van der Waals surface area contributed by atoms with Crippen LogP contribution in [0.5, 0.6) is 17.2 Å². The number of aryl methyl sites for hydroxylation is 2. The zero-order valence-electron chi connectivity index (χ0n) is 20.7. The first-order valence-corrected chi connectivity index (χ1v) is 12.0. The van der Waals surface area contributed by atoms with Gasteiger partial charge in [0.2, 0.25) is 6.79 Å². The zero-order chi connectivity index (χ0) is 27.1. The van der Waals surface area contributed by atoms with E-state index < -0.39 is 11.8 Å². The van der Waals surface area contributed by atoms with Crippen LogP contribution in [0, 0.1) is 13.8 Å². The number of hydrogen-bond acceptors (Lipinski definition) is 7. The van der Waals surface area contributed by atoms with Gasteiger partial charge < -0.3 is 24.8 Å². The Morgan fingerprint density at radius 1 is 1.00 bits per heavy atom. The molecule has 1 heterocycles. The van der Waals surface area contributed by atoms with Crippen LogP contribution in [0.4, 0.5) is 5.69 Å². The van der Waals surface area contributed by atoms with Crippen LogP contribution in [0.15, 0.2) is 59.7 Å². The second kappa shape index (κ2) is 12.1. The van der Waals surface area contributed by atoms with E-state index in [0.29, 0.717) is 28.5 Å². The molecule has 0 fully saturated rings. The number of halogens is 1. The fraction of sp³-hybridized carbons (Fsp3) is 0.185. The average molecular weight is 537 g/mol. The van der Waals surface area contributed by atoms with E-state index in [1.165, 1.54) is 6.21 Å². The first kappa shape index (κ1) is 26.5. The van der Waals surface area contributed by atoms with Gasteiger partial charge in [-0.15, -0.1) is 0 Å². The fourth-order valence-corrected chi connectivity index (χ4v) is 3.77. The van der Waals surface area contributed by atoms with Crippen LogP contribution in [-0.4, -0.2) is 37.3 Å². The molecule has 0 unspecified atom stereocenters. The molecule has 0 aromatic heterocycles. The summed E-state index contributed by atoms with van der Waals surface area (Å²) in [6.45, 7) is 3.95. The number of ether oxygens (including phenoxy) is 3. The maximum absolute atomic E-state index is 12.2. The van der Waals surface area contributed by atoms with Crippen molar-refractivity contribution < 1.29 is 28.6 Å². The Kier molecular flexibility index (Phi) is 8.44. The predicted molar refractivity (Wildman–Crippen MR) is 142 cm³/mol. The highest BCUT2D eigenvalue weighted by Gasteiger charge is 2.16. The lowest BCUT2D eigenvalue weighted by molar-refractivity contribution is -0.139. The van der Waals surface area contributed by atoms with Gasteiger partial charge in [-0.25, -0.2) is 5.43 Å². The second-order valence-corrected chi connectivity index (χ2v) is 8.82. The standard InChI is InChI=1S/C27H25ClN4O6/c1-16-3-6-21(17(2)9-16)31-25(33)14-36-22-7-4-18(10-20(22)28)13-30-32-27(35)26(34)29-12-19-5-8-23-24(11-19)38-15-37-23/h3-11,13H,12,14-15H2,1-2H3,(H,29,34)(H,31,33)(H,32,35)/b30-13-. The van der Waals surface area contributed by atoms with E-state index in [1.54, 1.807) is 36.4 Å². The van der Waals surface area contributed by atoms with Crippen molar-refractivity contribution in [1.82, 2.24) is 10.7 Å². The molecule has 0 saturated carbocycles. The van der Waals surface area contributed by atoms with Crippen molar-refractivity contribution in [3.8, 4) is 17.2 Å². The number of nitrogens with zero attached hydrogens (tertiary/aromatic N) is 1. The molecule has 11 heteroatoms. The van der Waals surface area contributed by atoms with Crippen molar-refractivity contribution in [2.45, 2.75) is 20.4 Å². The SMILES string of the molecule is Cc1ccc(NC(=O)COc2ccc(/C=N\NC(=O)C(=O)NCc3ccc4c(c3)OCO4)cc2Cl)c(C)c1. The number of hydrogen-bond donors (Lipinski definition) is 3. The third-order valence-corrected chi connectivity index (χ3v) is 5.74. The lowest BCUT2D eigenvalue weighted by Crippen LogP contribution is -2.37. The number of carbonyl (C=O) groups is 3. The van der Waals surface area contributed by atoms with E-state index in [-0.39, 0.29) is 30.9 Å². The van der Waals surface area contributed by atoms with Crippen molar-refractivity contribution >= 4 is 41.2 Å². The second-order valence-electron chi connectivity index (χ2n) is 8.41. The molecule has 1 aliphatic rings. The van der Waals surface area contributed by atoms with Crippen LogP contribution in [0.25, 0.3) is 0 Å². The third kappa shape index (κ3) is 7.01. The third-order valence-electron chi connectivity index (χ3n) is 5.45. The molecule has 0 bridgehead atoms. The van der Waals surface area contributed by atoms with E-state index >= 15 is 0 Å². The highest BCUT2D eigenvalue weighted by atomic mass is 35.5. The molecule has 10 nitrogen and oxygen atoms in total. The largest absolute Gasteiger partial charge is 0.482 e. The zero-order valence-corrected chi connectivity index (χ0v) is 21.4. The maximum atomic E-state index is 12.2. The van der Waals surface area contributed by atoms with E-state index in [9.17, 15) is 14.4 Å². The molecule has 1 aliphatic heterocycles. The van der Waals surface area contributed by atoms with Gasteiger partial charge >= 0.3 is 11.8 Å². The number of carbonyl (C=O) groups excluding carboxylic acids is 3. The van der Waals surface area contributed by atoms with E-state index in [2.05, 4.69) is 21.2 Å². The Hall–Kier alpha value is -4.57. The molecule has 0 saturated heterocycles. The van der Waals surface area contributed by atoms with Crippen LogP contribution in [0.3, 0.4) is 0 Å². The van der Waals surface area contributed by atoms with Crippen molar-refractivity contribution in [2.75, 3.05) is 18.7 Å². The smallest absolute Gasteiger partial charge is 0.329 e. The van der Waals surface area contributed by atoms with Crippen LogP contribution in [-0.2, 0) is 20.9 Å². The van der Waals surface area contributed by atoms with Gasteiger partial charge in [0.05, 0.1) is 11.2 Å². The number of nitrogens with one attached hydrogen (secondary N) is 3. The number of amides is 3. The van der Waals surface area contributed by atoms with Crippen molar-refractivity contribution in [3.05, 3.63) is 81.9 Å². The minimum Gasteiger partial charge on any atom is -0.482 e. The Morgan fingerprint density at radius 3 is 2.61 bits per heavy atom. The molecule has 0 aliphatic carbocycles. The summed E-state index contributed by atoms with van der Waals surface area (Å²) in [6, 6.07) is 15.7. The van der Waals surface area contributed by atoms with Crippen molar-refractivity contribution in [3.63, 3.8) is 0 Å². The number of benzene rings is 3. The van der Waals surface area contributed by atoms with Crippen molar-refractivity contribution in [1.29, 1.82) is 0 Å². The molecule has 3 aromatic carbocycles. The monoisotopic (exact) mass is 536 g/mol. The van der Waals surface area contributed by atoms with Crippen LogP contribution >= 0.6 is 11.6 Å². The molecular weight excluding hydrogens is 512 g/mol. The highest BCUT2D eigenvalue weighted by Crippen LogP contribution is 2.32. The molecule has 196 valence electrons. The topological polar surface area (TPSA) is 127 Å². The number of hydrazone groups is 1. The van der Waals surface area contributed by atoms with Gasteiger partial charge in [-0.1, -0.05) is 35.4 Å². The molecule has 0 spiro atoms. The fourth-order valence-electron chi connectivity index (χ4n) is 3.53. The van der Waals surface area contributed by atoms with Gasteiger partial charge in [-0.2, -0.15) is 5.10 Å². The quantitative estimate of drug-likeness (QED) is 0.230. The number of rotatable bonds is 8. The number of anilines is 1. The predicted octanol–water partition coefficient (Wildman–Crippen LogP) is 3.47. The molecule has 4 rings (SSSR count). The lowest BCUT2D eigenvalue weighted by atomic mass is 10.1. The van der Waals surface area contributed by atoms with Crippen molar-refractivity contribution in [2.24, 2.45) is 5.10 Å². The van der Waals surface area contributed by atoms with E-state index in [0.717, 1.165) is 16.7 Å². The van der Waals surface area contributed by atoms with E-state index in [4.69, 9.17) is 25.8 Å². The summed E-state index contributed by atoms with van der Waals surface area (Å²) in [6.07, 6.45) is 1.32. The van der Waals surface area contributed by atoms with Gasteiger partial charge in [-0.05, 0) is 66.9 Å². The first-order valence-electron chi connectivity index (χ1n) is 11.6. The summed E-state index contributed by atoms with van der Waals surface area (Å²) in [5, 5.41) is 9.35. The van der Waals surface area contributed by atoms with Crippen LogP contribution in [0.1, 0.15) is 22.3 Å². The van der Waals surface area contributed by atoms with Gasteiger partial charge in [0.15, 0.2) is 18.1 Å². The minimum absolute atomic E-state index is 0.131. The van der Waals surface area contributed by atoms with Crippen LogP contribution in [0.2, 0.25) is 5.02 Å². The molecule has 0 atom stereocenters. The summed E-state index contributed by atoms with van der Waals surface area (Å²) < 4.78 is 16.1. The molecule has 0 radical (unpaired) electrons. The van der Waals surface area contributed by atoms with Gasteiger partial charge in [-0.3, -0.25) is 14.4 Å². The maximum Gasteiger partial charge on any atom is 0.329 e. The minimum atomic E-state index is -0.928. The summed E-state index contributed by atoms with van der Waals surface area (Å²) >= 11 is 6.26. The Balaban J connectivity index is 1.22. The molecule has 3 N–H and O–H groups in total. The molecular formula is C27H25ClN4O6. The first-order chi connectivity index (χ1) is 18.3. The summed E-state index contributed by atoms with van der Waals surface area (Å²) in [5.41, 5.74) is 6.22. The molecule has 3 amide bonds. The van der Waals surface area contributed by atoms with Gasteiger partial charge in [0.1, 0.15) is 5.75 Å². The normalized spacial score (nSPS) is 11.8. The Morgan fingerprint density at radius 2 is 1.82 bits per heavy atom. The summed E-state index contributed by atoms with van der Waals surface area (Å²) in [5.74, 6) is -0.569. The lowest BCUT2D eigenvalue weighted by Gasteiger charge is -2.11. The highest BCUT2D eigenvalue weighted by molar-refractivity contribution is 6.35. The molecule has 38 heavy (non-hydrogen) atoms. The summed E-state index contributed by atoms with van der Waals surface area (Å²) in [7, 11) is 0. The van der Waals surface area contributed by atoms with Crippen LogP contribution < -0.4 is 30.3 Å². The average Bonchev–Trinajstić information content (AvgIpc) is 3.36. The van der Waals surface area contributed by atoms with E-state index in [1.807, 2.05) is 32.0 Å².